The number of pyridine rings is 1. The highest BCUT2D eigenvalue weighted by Gasteiger charge is 1.86. The summed E-state index contributed by atoms with van der Waals surface area (Å²) in [5.74, 6) is 0. The highest BCUT2D eigenvalue weighted by atomic mass is 16.2. The molecule has 1 rings (SSSR count). The maximum Gasteiger partial charge on any atom is 0.0441 e. The summed E-state index contributed by atoms with van der Waals surface area (Å²) in [5.41, 5.74) is 1.09. The van der Waals surface area contributed by atoms with Gasteiger partial charge in [-0.05, 0) is 25.0 Å². The van der Waals surface area contributed by atoms with Gasteiger partial charge in [-0.25, -0.2) is 0 Å². The van der Waals surface area contributed by atoms with Gasteiger partial charge in [0.2, 0.25) is 0 Å². The van der Waals surface area contributed by atoms with Crippen molar-refractivity contribution in [3.8, 4) is 0 Å². The number of hydrogen-bond acceptors (Lipinski definition) is 2. The molecule has 0 radical (unpaired) electrons. The Morgan fingerprint density at radius 3 is 2.92 bits per heavy atom. The van der Waals surface area contributed by atoms with E-state index in [-0.39, 0.29) is 6.61 Å². The van der Waals surface area contributed by atoms with Gasteiger partial charge in [-0.2, -0.15) is 0 Å². The van der Waals surface area contributed by atoms with E-state index in [4.69, 9.17) is 5.11 Å². The maximum atomic E-state index is 8.54. The van der Waals surface area contributed by atoms with Crippen molar-refractivity contribution >= 4 is 0 Å². The highest BCUT2D eigenvalue weighted by molar-refractivity contribution is 5.07. The fraction of sp³-hybridized carbons (Fsp3) is 0.364. The normalized spacial score (nSPS) is 10.8. The van der Waals surface area contributed by atoms with Gasteiger partial charge in [0.05, 0.1) is 0 Å². The Balaban J connectivity index is 2.23. The molecule has 1 aromatic rings. The zero-order chi connectivity index (χ0) is 9.36. The Hall–Kier alpha value is -1.15. The number of aromatic nitrogens is 1. The number of aliphatic hydroxyl groups is 1. The van der Waals surface area contributed by atoms with Crippen LogP contribution in [0.1, 0.15) is 18.5 Å². The average molecular weight is 177 g/mol. The summed E-state index contributed by atoms with van der Waals surface area (Å²) in [7, 11) is 0. The second-order valence-corrected chi connectivity index (χ2v) is 2.86. The van der Waals surface area contributed by atoms with Gasteiger partial charge < -0.3 is 5.11 Å². The maximum absolute atomic E-state index is 8.54. The van der Waals surface area contributed by atoms with Gasteiger partial charge in [-0.15, -0.1) is 0 Å². The van der Waals surface area contributed by atoms with Crippen molar-refractivity contribution in [1.82, 2.24) is 4.98 Å². The summed E-state index contributed by atoms with van der Waals surface area (Å²) in [4.78, 5) is 4.20. The zero-order valence-electron chi connectivity index (χ0n) is 7.69. The molecule has 0 aliphatic carbocycles. The van der Waals surface area contributed by atoms with E-state index in [9.17, 15) is 0 Å². The van der Waals surface area contributed by atoms with Crippen LogP contribution in [0.15, 0.2) is 36.5 Å². The molecule has 0 amide bonds. The van der Waals surface area contributed by atoms with Gasteiger partial charge >= 0.3 is 0 Å². The molecule has 0 atom stereocenters. The van der Waals surface area contributed by atoms with Crippen LogP contribution in [-0.2, 0) is 6.42 Å². The third-order valence-corrected chi connectivity index (χ3v) is 1.75. The highest BCUT2D eigenvalue weighted by Crippen LogP contribution is 1.97. The van der Waals surface area contributed by atoms with E-state index >= 15 is 0 Å². The van der Waals surface area contributed by atoms with Gasteiger partial charge in [-0.3, -0.25) is 4.98 Å². The second kappa shape index (κ2) is 6.38. The molecule has 0 aliphatic heterocycles. The van der Waals surface area contributed by atoms with E-state index in [1.807, 2.05) is 18.2 Å². The number of rotatable bonds is 5. The Kier molecular flexibility index (Phi) is 4.87. The van der Waals surface area contributed by atoms with E-state index < -0.39 is 0 Å². The van der Waals surface area contributed by atoms with Crippen molar-refractivity contribution in [3.63, 3.8) is 0 Å². The van der Waals surface area contributed by atoms with Crippen LogP contribution in [0.4, 0.5) is 0 Å². The van der Waals surface area contributed by atoms with Crippen molar-refractivity contribution < 1.29 is 5.11 Å². The minimum absolute atomic E-state index is 0.272. The summed E-state index contributed by atoms with van der Waals surface area (Å²) in [6.45, 7) is 0.272. The number of nitrogens with zero attached hydrogens (tertiary/aromatic N) is 1. The number of unbranched alkanes of at least 4 members (excludes halogenated alkanes) is 1. The first-order valence-corrected chi connectivity index (χ1v) is 4.59. The van der Waals surface area contributed by atoms with Crippen molar-refractivity contribution in [1.29, 1.82) is 0 Å². The lowest BCUT2D eigenvalue weighted by Gasteiger charge is -1.93. The first-order valence-electron chi connectivity index (χ1n) is 4.59. The Bertz CT molecular complexity index is 244. The molecule has 0 aliphatic rings. The molecular formula is C11H15NO. The summed E-state index contributed by atoms with van der Waals surface area (Å²) < 4.78 is 0. The van der Waals surface area contributed by atoms with Crippen molar-refractivity contribution in [2.45, 2.75) is 19.3 Å². The average Bonchev–Trinajstić information content (AvgIpc) is 2.19. The molecule has 0 bridgehead atoms. The lowest BCUT2D eigenvalue weighted by atomic mass is 10.2. The molecule has 13 heavy (non-hydrogen) atoms. The molecule has 0 spiro atoms. The Morgan fingerprint density at radius 2 is 2.23 bits per heavy atom. The first kappa shape index (κ1) is 9.93. The minimum Gasteiger partial charge on any atom is -0.396 e. The van der Waals surface area contributed by atoms with Gasteiger partial charge in [0, 0.05) is 24.9 Å². The zero-order valence-corrected chi connectivity index (χ0v) is 7.69. The van der Waals surface area contributed by atoms with Gasteiger partial charge in [0.25, 0.3) is 0 Å². The lowest BCUT2D eigenvalue weighted by molar-refractivity contribution is 0.289. The molecule has 2 nitrogen and oxygen atoms in total. The first-order chi connectivity index (χ1) is 6.43. The molecule has 0 aromatic carbocycles. The fourth-order valence-electron chi connectivity index (χ4n) is 1.05. The van der Waals surface area contributed by atoms with Crippen LogP contribution in [0, 0.1) is 0 Å². The van der Waals surface area contributed by atoms with Gasteiger partial charge in [0.1, 0.15) is 0 Å². The number of aliphatic hydroxyl groups excluding tert-OH is 1. The molecule has 0 unspecified atom stereocenters. The van der Waals surface area contributed by atoms with E-state index in [1.165, 1.54) is 0 Å². The van der Waals surface area contributed by atoms with Gasteiger partial charge in [-0.1, -0.05) is 18.2 Å². The fourth-order valence-corrected chi connectivity index (χ4v) is 1.05. The largest absolute Gasteiger partial charge is 0.396 e. The monoisotopic (exact) mass is 177 g/mol. The van der Waals surface area contributed by atoms with E-state index in [2.05, 4.69) is 17.1 Å². The SMILES string of the molecule is OCCC/C=C\Cc1ccccn1. The Labute approximate surface area is 78.9 Å². The summed E-state index contributed by atoms with van der Waals surface area (Å²) in [5, 5.41) is 8.54. The van der Waals surface area contributed by atoms with Gasteiger partial charge in [0.15, 0.2) is 0 Å². The van der Waals surface area contributed by atoms with Crippen LogP contribution in [0.3, 0.4) is 0 Å². The molecular weight excluding hydrogens is 162 g/mol. The minimum atomic E-state index is 0.272. The smallest absolute Gasteiger partial charge is 0.0441 e. The standard InChI is InChI=1S/C11H15NO/c13-10-6-2-1-3-7-11-8-4-5-9-12-11/h1,3-5,8-9,13H,2,6-7,10H2/b3-1-. The van der Waals surface area contributed by atoms with Crippen molar-refractivity contribution in [3.05, 3.63) is 42.2 Å². The molecule has 2 heteroatoms. The molecule has 1 aromatic heterocycles. The third-order valence-electron chi connectivity index (χ3n) is 1.75. The summed E-state index contributed by atoms with van der Waals surface area (Å²) >= 11 is 0. The van der Waals surface area contributed by atoms with Crippen LogP contribution >= 0.6 is 0 Å². The van der Waals surface area contributed by atoms with Crippen LogP contribution in [0.2, 0.25) is 0 Å². The van der Waals surface area contributed by atoms with E-state index in [0.29, 0.717) is 0 Å². The Morgan fingerprint density at radius 1 is 1.31 bits per heavy atom. The quantitative estimate of drug-likeness (QED) is 0.551. The summed E-state index contributed by atoms with van der Waals surface area (Å²) in [6.07, 6.45) is 8.66. The van der Waals surface area contributed by atoms with E-state index in [1.54, 1.807) is 6.20 Å². The predicted octanol–water partition coefficient (Wildman–Crippen LogP) is 1.95. The molecule has 1 heterocycles. The van der Waals surface area contributed by atoms with Crippen LogP contribution < -0.4 is 0 Å². The van der Waals surface area contributed by atoms with Crippen molar-refractivity contribution in [2.24, 2.45) is 0 Å². The molecule has 1 N–H and O–H groups in total. The molecule has 70 valence electrons. The van der Waals surface area contributed by atoms with Crippen LogP contribution in [-0.4, -0.2) is 16.7 Å². The third kappa shape index (κ3) is 4.43. The van der Waals surface area contributed by atoms with Crippen LogP contribution in [0.5, 0.6) is 0 Å². The van der Waals surface area contributed by atoms with Crippen LogP contribution in [0.25, 0.3) is 0 Å². The lowest BCUT2D eigenvalue weighted by Crippen LogP contribution is -1.84. The number of allylic oxidation sites excluding steroid dienone is 2. The predicted molar refractivity (Wildman–Crippen MR) is 53.4 cm³/mol. The molecule has 0 saturated heterocycles. The number of hydrogen-bond donors (Lipinski definition) is 1. The summed E-state index contributed by atoms with van der Waals surface area (Å²) in [6, 6.07) is 5.92. The van der Waals surface area contributed by atoms with Crippen molar-refractivity contribution in [2.75, 3.05) is 6.61 Å². The van der Waals surface area contributed by atoms with E-state index in [0.717, 1.165) is 25.0 Å². The second-order valence-electron chi connectivity index (χ2n) is 2.86. The molecule has 0 saturated carbocycles. The topological polar surface area (TPSA) is 33.1 Å². The molecule has 0 fully saturated rings.